The molecule has 0 aliphatic heterocycles. The van der Waals surface area contributed by atoms with E-state index in [-0.39, 0.29) is 6.04 Å². The van der Waals surface area contributed by atoms with Gasteiger partial charge in [-0.15, -0.1) is 0 Å². The number of ether oxygens (including phenoxy) is 1. The van der Waals surface area contributed by atoms with E-state index < -0.39 is 23.7 Å². The average Bonchev–Trinajstić information content (AvgIpc) is 2.33. The first kappa shape index (κ1) is 18.5. The molecule has 0 aromatic heterocycles. The molecule has 1 aromatic carbocycles. The van der Waals surface area contributed by atoms with Gasteiger partial charge in [-0.3, -0.25) is 4.90 Å². The number of carbonyl (C=O) groups is 2. The van der Waals surface area contributed by atoms with Crippen molar-refractivity contribution >= 4 is 28.0 Å². The second-order valence-electron chi connectivity index (χ2n) is 6.27. The summed E-state index contributed by atoms with van der Waals surface area (Å²) < 4.78 is 6.19. The lowest BCUT2D eigenvalue weighted by atomic mass is 10.0. The van der Waals surface area contributed by atoms with Crippen LogP contribution in [0, 0.1) is 0 Å². The van der Waals surface area contributed by atoms with Crippen LogP contribution in [0.15, 0.2) is 28.7 Å². The number of amides is 1. The van der Waals surface area contributed by atoms with Crippen molar-refractivity contribution in [3.63, 3.8) is 0 Å². The monoisotopic (exact) mass is 371 g/mol. The maximum atomic E-state index is 12.4. The summed E-state index contributed by atoms with van der Waals surface area (Å²) in [7, 11) is 0. The summed E-state index contributed by atoms with van der Waals surface area (Å²) in [6, 6.07) is 5.45. The molecule has 0 saturated heterocycles. The van der Waals surface area contributed by atoms with E-state index in [0.29, 0.717) is 5.56 Å². The van der Waals surface area contributed by atoms with Crippen molar-refractivity contribution in [3.8, 4) is 0 Å². The number of rotatable bonds is 4. The first-order chi connectivity index (χ1) is 10.0. The molecule has 1 N–H and O–H groups in total. The third-order valence-corrected chi connectivity index (χ3v) is 3.39. The van der Waals surface area contributed by atoms with Crippen LogP contribution in [0.2, 0.25) is 0 Å². The molecule has 5 nitrogen and oxygen atoms in total. The van der Waals surface area contributed by atoms with Gasteiger partial charge in [0, 0.05) is 10.5 Å². The van der Waals surface area contributed by atoms with Crippen LogP contribution in [0.3, 0.4) is 0 Å². The zero-order chi connectivity index (χ0) is 17.1. The van der Waals surface area contributed by atoms with Gasteiger partial charge in [0.15, 0.2) is 6.04 Å². The highest BCUT2D eigenvalue weighted by Gasteiger charge is 2.35. The van der Waals surface area contributed by atoms with Crippen molar-refractivity contribution in [2.75, 3.05) is 0 Å². The van der Waals surface area contributed by atoms with Crippen LogP contribution in [0.4, 0.5) is 4.79 Å². The summed E-state index contributed by atoms with van der Waals surface area (Å²) >= 11 is 3.31. The number of carboxylic acid groups (broad SMARTS) is 1. The molecule has 22 heavy (non-hydrogen) atoms. The number of hydrogen-bond acceptors (Lipinski definition) is 3. The Morgan fingerprint density at radius 3 is 2.05 bits per heavy atom. The van der Waals surface area contributed by atoms with Gasteiger partial charge in [-0.25, -0.2) is 9.59 Å². The first-order valence-electron chi connectivity index (χ1n) is 7.02. The molecular weight excluding hydrogens is 350 g/mol. The van der Waals surface area contributed by atoms with E-state index in [1.54, 1.807) is 58.9 Å². The van der Waals surface area contributed by atoms with Gasteiger partial charge in [-0.2, -0.15) is 0 Å². The van der Waals surface area contributed by atoms with Gasteiger partial charge in [-0.05, 0) is 52.3 Å². The number of carbonyl (C=O) groups excluding carboxylic acids is 1. The van der Waals surface area contributed by atoms with Gasteiger partial charge in [-0.1, -0.05) is 28.1 Å². The molecule has 1 unspecified atom stereocenters. The Morgan fingerprint density at radius 2 is 1.68 bits per heavy atom. The van der Waals surface area contributed by atoms with Gasteiger partial charge in [0.2, 0.25) is 0 Å². The molecule has 0 radical (unpaired) electrons. The molecule has 0 bridgehead atoms. The van der Waals surface area contributed by atoms with Crippen molar-refractivity contribution in [2.24, 2.45) is 0 Å². The van der Waals surface area contributed by atoms with Gasteiger partial charge in [0.1, 0.15) is 5.60 Å². The normalized spacial score (nSPS) is 12.9. The van der Waals surface area contributed by atoms with Crippen LogP contribution >= 0.6 is 15.9 Å². The fourth-order valence-corrected chi connectivity index (χ4v) is 2.26. The van der Waals surface area contributed by atoms with E-state index in [1.807, 2.05) is 0 Å². The molecule has 1 atom stereocenters. The van der Waals surface area contributed by atoms with E-state index in [0.717, 1.165) is 4.47 Å². The largest absolute Gasteiger partial charge is 0.479 e. The van der Waals surface area contributed by atoms with Gasteiger partial charge in [0.25, 0.3) is 0 Å². The summed E-state index contributed by atoms with van der Waals surface area (Å²) in [4.78, 5) is 25.4. The third-order valence-electron chi connectivity index (χ3n) is 2.86. The second-order valence-corrected chi connectivity index (χ2v) is 7.19. The zero-order valence-electron chi connectivity index (χ0n) is 13.5. The number of halogens is 1. The summed E-state index contributed by atoms with van der Waals surface area (Å²) in [5.41, 5.74) is -0.164. The Labute approximate surface area is 139 Å². The van der Waals surface area contributed by atoms with Gasteiger partial charge in [0.05, 0.1) is 0 Å². The maximum Gasteiger partial charge on any atom is 0.411 e. The average molecular weight is 372 g/mol. The Kier molecular flexibility index (Phi) is 6.00. The van der Waals surface area contributed by atoms with Crippen LogP contribution in [-0.2, 0) is 9.53 Å². The molecule has 0 aliphatic carbocycles. The Hall–Kier alpha value is -1.56. The molecule has 0 heterocycles. The maximum absolute atomic E-state index is 12.4. The minimum Gasteiger partial charge on any atom is -0.479 e. The fourth-order valence-electron chi connectivity index (χ4n) is 2.00. The lowest BCUT2D eigenvalue weighted by Gasteiger charge is -2.34. The summed E-state index contributed by atoms with van der Waals surface area (Å²) in [5, 5.41) is 9.60. The first-order valence-corrected chi connectivity index (χ1v) is 7.82. The summed E-state index contributed by atoms with van der Waals surface area (Å²) in [6.07, 6.45) is -0.641. The van der Waals surface area contributed by atoms with Gasteiger partial charge < -0.3 is 9.84 Å². The SMILES string of the molecule is CC(C)N(C(=O)OC(C)(C)C)C(C(=O)O)c1ccc(Br)cc1. The molecule has 6 heteroatoms. The van der Waals surface area contributed by atoms with Crippen molar-refractivity contribution in [2.45, 2.75) is 52.3 Å². The number of benzene rings is 1. The Morgan fingerprint density at radius 1 is 1.18 bits per heavy atom. The van der Waals surface area contributed by atoms with Crippen LogP contribution in [-0.4, -0.2) is 33.7 Å². The van der Waals surface area contributed by atoms with Crippen molar-refractivity contribution < 1.29 is 19.4 Å². The molecule has 122 valence electrons. The Bertz CT molecular complexity index is 534. The van der Waals surface area contributed by atoms with Crippen LogP contribution in [0.5, 0.6) is 0 Å². The molecular formula is C16H22BrNO4. The smallest absolute Gasteiger partial charge is 0.411 e. The highest BCUT2D eigenvalue weighted by Crippen LogP contribution is 2.27. The lowest BCUT2D eigenvalue weighted by Crippen LogP contribution is -2.45. The highest BCUT2D eigenvalue weighted by molar-refractivity contribution is 9.10. The quantitative estimate of drug-likeness (QED) is 0.859. The van der Waals surface area contributed by atoms with E-state index >= 15 is 0 Å². The molecule has 0 fully saturated rings. The van der Waals surface area contributed by atoms with Crippen LogP contribution in [0.25, 0.3) is 0 Å². The van der Waals surface area contributed by atoms with E-state index in [2.05, 4.69) is 15.9 Å². The highest BCUT2D eigenvalue weighted by atomic mass is 79.9. The molecule has 1 amide bonds. The molecule has 1 rings (SSSR count). The second kappa shape index (κ2) is 7.13. The van der Waals surface area contributed by atoms with Crippen LogP contribution in [0.1, 0.15) is 46.2 Å². The van der Waals surface area contributed by atoms with Gasteiger partial charge >= 0.3 is 12.1 Å². The number of hydrogen-bond donors (Lipinski definition) is 1. The minimum absolute atomic E-state index is 0.320. The number of aliphatic carboxylic acids is 1. The topological polar surface area (TPSA) is 66.8 Å². The molecule has 0 saturated carbocycles. The molecule has 1 aromatic rings. The predicted molar refractivity (Wildman–Crippen MR) is 87.7 cm³/mol. The molecule has 0 aliphatic rings. The fraction of sp³-hybridized carbons (Fsp3) is 0.500. The molecule has 0 spiro atoms. The summed E-state index contributed by atoms with van der Waals surface area (Å²) in [6.45, 7) is 8.77. The lowest BCUT2D eigenvalue weighted by molar-refractivity contribution is -0.144. The van der Waals surface area contributed by atoms with Crippen LogP contribution < -0.4 is 0 Å². The standard InChI is InChI=1S/C16H22BrNO4/c1-10(2)18(15(21)22-16(3,4)5)13(14(19)20)11-6-8-12(17)9-7-11/h6-10,13H,1-5H3,(H,19,20). The third kappa shape index (κ3) is 5.02. The van der Waals surface area contributed by atoms with Crippen molar-refractivity contribution in [1.29, 1.82) is 0 Å². The summed E-state index contributed by atoms with van der Waals surface area (Å²) in [5.74, 6) is -1.10. The number of carboxylic acids is 1. The number of nitrogens with zero attached hydrogens (tertiary/aromatic N) is 1. The van der Waals surface area contributed by atoms with E-state index in [1.165, 1.54) is 4.90 Å². The Balaban J connectivity index is 3.21. The predicted octanol–water partition coefficient (Wildman–Crippen LogP) is 4.22. The zero-order valence-corrected chi connectivity index (χ0v) is 15.0. The minimum atomic E-state index is -1.10. The van der Waals surface area contributed by atoms with Crippen molar-refractivity contribution in [3.05, 3.63) is 34.3 Å². The van der Waals surface area contributed by atoms with E-state index in [4.69, 9.17) is 4.74 Å². The van der Waals surface area contributed by atoms with E-state index in [9.17, 15) is 14.7 Å². The van der Waals surface area contributed by atoms with Crippen molar-refractivity contribution in [1.82, 2.24) is 4.90 Å².